The highest BCUT2D eigenvalue weighted by Gasteiger charge is 2.09. The molecular formula is C13H20ClIN2O. The Kier molecular flexibility index (Phi) is 7.29. The first-order chi connectivity index (χ1) is 8.56. The van der Waals surface area contributed by atoms with E-state index in [0.29, 0.717) is 18.1 Å². The fourth-order valence-corrected chi connectivity index (χ4v) is 2.63. The van der Waals surface area contributed by atoms with Gasteiger partial charge in [-0.3, -0.25) is 0 Å². The maximum Gasteiger partial charge on any atom is 0.0839 e. The Hall–Kier alpha value is -0.0400. The van der Waals surface area contributed by atoms with Gasteiger partial charge in [0.25, 0.3) is 0 Å². The summed E-state index contributed by atoms with van der Waals surface area (Å²) in [6.45, 7) is 7.30. The van der Waals surface area contributed by atoms with Gasteiger partial charge in [-0.25, -0.2) is 0 Å². The van der Waals surface area contributed by atoms with E-state index in [-0.39, 0.29) is 6.10 Å². The summed E-state index contributed by atoms with van der Waals surface area (Å²) in [7, 11) is 0. The van der Waals surface area contributed by atoms with Crippen molar-refractivity contribution < 1.29 is 5.11 Å². The lowest BCUT2D eigenvalue weighted by Crippen LogP contribution is -2.35. The SMILES string of the molecule is CCN(CC)CC(O)CNc1ccc(I)cc1Cl. The molecule has 5 heteroatoms. The molecule has 0 saturated heterocycles. The molecule has 0 aliphatic heterocycles. The molecule has 3 nitrogen and oxygen atoms in total. The van der Waals surface area contributed by atoms with E-state index in [4.69, 9.17) is 11.6 Å². The summed E-state index contributed by atoms with van der Waals surface area (Å²) in [6, 6.07) is 5.83. The lowest BCUT2D eigenvalue weighted by Gasteiger charge is -2.22. The van der Waals surface area contributed by atoms with Crippen LogP contribution in [0.2, 0.25) is 5.02 Å². The summed E-state index contributed by atoms with van der Waals surface area (Å²) in [5, 5.41) is 13.8. The van der Waals surface area contributed by atoms with E-state index in [0.717, 1.165) is 22.3 Å². The zero-order valence-electron chi connectivity index (χ0n) is 10.8. The van der Waals surface area contributed by atoms with Crippen molar-refractivity contribution in [1.82, 2.24) is 4.90 Å². The van der Waals surface area contributed by atoms with Gasteiger partial charge in [0.2, 0.25) is 0 Å². The quantitative estimate of drug-likeness (QED) is 0.712. The summed E-state index contributed by atoms with van der Waals surface area (Å²) in [5.74, 6) is 0. The molecule has 0 bridgehead atoms. The van der Waals surface area contributed by atoms with Crippen LogP contribution < -0.4 is 5.32 Å². The van der Waals surface area contributed by atoms with Gasteiger partial charge in [-0.2, -0.15) is 0 Å². The molecule has 0 amide bonds. The number of aliphatic hydroxyl groups excluding tert-OH is 1. The maximum atomic E-state index is 9.94. The van der Waals surface area contributed by atoms with Gasteiger partial charge < -0.3 is 15.3 Å². The zero-order valence-corrected chi connectivity index (χ0v) is 13.7. The maximum absolute atomic E-state index is 9.94. The molecule has 1 atom stereocenters. The minimum atomic E-state index is -0.389. The van der Waals surface area contributed by atoms with Gasteiger partial charge in [-0.1, -0.05) is 25.4 Å². The topological polar surface area (TPSA) is 35.5 Å². The minimum absolute atomic E-state index is 0.389. The molecule has 0 fully saturated rings. The van der Waals surface area contributed by atoms with E-state index in [1.54, 1.807) is 0 Å². The Balaban J connectivity index is 2.44. The molecule has 1 aromatic carbocycles. The zero-order chi connectivity index (χ0) is 13.5. The number of rotatable bonds is 7. The predicted molar refractivity (Wildman–Crippen MR) is 86.5 cm³/mol. The monoisotopic (exact) mass is 382 g/mol. The van der Waals surface area contributed by atoms with E-state index < -0.39 is 0 Å². The summed E-state index contributed by atoms with van der Waals surface area (Å²) in [5.41, 5.74) is 0.871. The van der Waals surface area contributed by atoms with E-state index in [9.17, 15) is 5.11 Å². The molecule has 0 aromatic heterocycles. The Labute approximate surface area is 128 Å². The number of anilines is 1. The average molecular weight is 383 g/mol. The van der Waals surface area contributed by atoms with Crippen LogP contribution in [0.15, 0.2) is 18.2 Å². The minimum Gasteiger partial charge on any atom is -0.390 e. The third-order valence-electron chi connectivity index (χ3n) is 2.82. The molecule has 1 rings (SSSR count). The first kappa shape index (κ1) is 16.0. The molecule has 0 heterocycles. The lowest BCUT2D eigenvalue weighted by molar-refractivity contribution is 0.128. The second kappa shape index (κ2) is 8.19. The van der Waals surface area contributed by atoms with Crippen molar-refractivity contribution in [3.63, 3.8) is 0 Å². The van der Waals surface area contributed by atoms with Crippen LogP contribution in [0.1, 0.15) is 13.8 Å². The van der Waals surface area contributed by atoms with Crippen molar-refractivity contribution in [3.05, 3.63) is 26.8 Å². The molecule has 2 N–H and O–H groups in total. The third kappa shape index (κ3) is 5.30. The highest BCUT2D eigenvalue weighted by molar-refractivity contribution is 14.1. The van der Waals surface area contributed by atoms with Crippen LogP contribution in [0.3, 0.4) is 0 Å². The average Bonchev–Trinajstić information content (AvgIpc) is 2.35. The van der Waals surface area contributed by atoms with E-state index in [2.05, 4.69) is 46.7 Å². The normalized spacial score (nSPS) is 12.8. The Morgan fingerprint density at radius 2 is 2.06 bits per heavy atom. The molecule has 1 unspecified atom stereocenters. The smallest absolute Gasteiger partial charge is 0.0839 e. The Morgan fingerprint density at radius 3 is 2.61 bits per heavy atom. The number of likely N-dealkylation sites (N-methyl/N-ethyl adjacent to an activating group) is 1. The van der Waals surface area contributed by atoms with Crippen molar-refractivity contribution >= 4 is 39.9 Å². The molecule has 0 radical (unpaired) electrons. The number of benzene rings is 1. The van der Waals surface area contributed by atoms with Crippen molar-refractivity contribution in [3.8, 4) is 0 Å². The predicted octanol–water partition coefficient (Wildman–Crippen LogP) is 3.06. The molecule has 18 heavy (non-hydrogen) atoms. The molecule has 1 aromatic rings. The second-order valence-electron chi connectivity index (χ2n) is 4.14. The molecular weight excluding hydrogens is 363 g/mol. The van der Waals surface area contributed by atoms with Crippen LogP contribution in [0.25, 0.3) is 0 Å². The number of halogens is 2. The van der Waals surface area contributed by atoms with Gasteiger partial charge in [0.05, 0.1) is 16.8 Å². The van der Waals surface area contributed by atoms with Crippen molar-refractivity contribution in [2.45, 2.75) is 20.0 Å². The molecule has 0 spiro atoms. The summed E-state index contributed by atoms with van der Waals surface area (Å²) >= 11 is 8.34. The highest BCUT2D eigenvalue weighted by atomic mass is 127. The number of nitrogens with zero attached hydrogens (tertiary/aromatic N) is 1. The first-order valence-electron chi connectivity index (χ1n) is 6.16. The van der Waals surface area contributed by atoms with Crippen LogP contribution in [0.5, 0.6) is 0 Å². The van der Waals surface area contributed by atoms with Gasteiger partial charge in [0.15, 0.2) is 0 Å². The molecule has 102 valence electrons. The van der Waals surface area contributed by atoms with E-state index >= 15 is 0 Å². The van der Waals surface area contributed by atoms with Gasteiger partial charge in [-0.15, -0.1) is 0 Å². The van der Waals surface area contributed by atoms with Crippen molar-refractivity contribution in [1.29, 1.82) is 0 Å². The fourth-order valence-electron chi connectivity index (χ4n) is 1.71. The number of hydrogen-bond acceptors (Lipinski definition) is 3. The van der Waals surface area contributed by atoms with Crippen LogP contribution in [-0.4, -0.2) is 42.3 Å². The van der Waals surface area contributed by atoms with E-state index in [1.807, 2.05) is 18.2 Å². The van der Waals surface area contributed by atoms with Crippen LogP contribution in [-0.2, 0) is 0 Å². The third-order valence-corrected chi connectivity index (χ3v) is 3.81. The molecule has 0 aliphatic rings. The van der Waals surface area contributed by atoms with Crippen molar-refractivity contribution in [2.24, 2.45) is 0 Å². The van der Waals surface area contributed by atoms with Crippen LogP contribution in [0.4, 0.5) is 5.69 Å². The Bertz CT molecular complexity index is 372. The van der Waals surface area contributed by atoms with Crippen LogP contribution in [0, 0.1) is 3.57 Å². The number of hydrogen-bond donors (Lipinski definition) is 2. The van der Waals surface area contributed by atoms with Gasteiger partial charge >= 0.3 is 0 Å². The standard InChI is InChI=1S/C13H20ClIN2O/c1-3-17(4-2)9-11(18)8-16-13-6-5-10(15)7-12(13)14/h5-7,11,16,18H,3-4,8-9H2,1-2H3. The largest absolute Gasteiger partial charge is 0.390 e. The van der Waals surface area contributed by atoms with Gasteiger partial charge in [-0.05, 0) is 53.9 Å². The van der Waals surface area contributed by atoms with Gasteiger partial charge in [0.1, 0.15) is 0 Å². The summed E-state index contributed by atoms with van der Waals surface area (Å²) in [4.78, 5) is 2.20. The summed E-state index contributed by atoms with van der Waals surface area (Å²) in [6.07, 6.45) is -0.389. The van der Waals surface area contributed by atoms with Gasteiger partial charge in [0, 0.05) is 16.7 Å². The Morgan fingerprint density at radius 1 is 1.39 bits per heavy atom. The fraction of sp³-hybridized carbons (Fsp3) is 0.538. The number of nitrogens with one attached hydrogen (secondary N) is 1. The lowest BCUT2D eigenvalue weighted by atomic mass is 10.2. The highest BCUT2D eigenvalue weighted by Crippen LogP contribution is 2.23. The summed E-state index contributed by atoms with van der Waals surface area (Å²) < 4.78 is 1.10. The molecule has 0 saturated carbocycles. The second-order valence-corrected chi connectivity index (χ2v) is 5.80. The van der Waals surface area contributed by atoms with Crippen molar-refractivity contribution in [2.75, 3.05) is 31.5 Å². The molecule has 0 aliphatic carbocycles. The van der Waals surface area contributed by atoms with Crippen LogP contribution >= 0.6 is 34.2 Å². The number of aliphatic hydroxyl groups is 1. The van der Waals surface area contributed by atoms with E-state index in [1.165, 1.54) is 0 Å². The first-order valence-corrected chi connectivity index (χ1v) is 7.61.